The number of hydrogen-bond acceptors (Lipinski definition) is 7. The smallest absolute Gasteiger partial charge is 0.228 e. The van der Waals surface area contributed by atoms with Crippen LogP contribution in [0.3, 0.4) is 0 Å². The van der Waals surface area contributed by atoms with Crippen molar-refractivity contribution in [2.24, 2.45) is 11.5 Å². The second kappa shape index (κ2) is 13.9. The number of aromatic nitrogens is 1. The van der Waals surface area contributed by atoms with E-state index in [4.69, 9.17) is 30.4 Å². The van der Waals surface area contributed by atoms with E-state index >= 15 is 0 Å². The SMILES string of the molecule is COc1cc(OC)cc(OC2CCN(Cc3ccc4c(c3)c(-c3ccc(OCF)cc3CN)cn4CCCN)CC2)c1. The number of nitrogens with zero attached hydrogens (tertiary/aromatic N) is 2. The van der Waals surface area contributed by atoms with Crippen molar-refractivity contribution in [3.05, 3.63) is 71.9 Å². The van der Waals surface area contributed by atoms with Gasteiger partial charge in [0.2, 0.25) is 6.86 Å². The fourth-order valence-electron chi connectivity index (χ4n) is 5.74. The van der Waals surface area contributed by atoms with Gasteiger partial charge in [-0.3, -0.25) is 4.90 Å². The minimum Gasteiger partial charge on any atom is -0.496 e. The van der Waals surface area contributed by atoms with Crippen LogP contribution < -0.4 is 30.4 Å². The number of ether oxygens (including phenoxy) is 4. The molecule has 1 saturated heterocycles. The van der Waals surface area contributed by atoms with Crippen molar-refractivity contribution in [1.82, 2.24) is 9.47 Å². The standard InChI is InChI=1S/C33H41FN4O4/c1-39-27-16-28(40-2)18-29(17-27)42-25-8-12-37(13-9-25)20-23-4-7-33-31(14-23)32(21-38(33)11-3-10-35)30-6-5-26(41-22-34)15-24(30)19-36/h4-7,14-18,21,25H,3,8-13,19-20,22,35-36H2,1-2H3. The van der Waals surface area contributed by atoms with Crippen molar-refractivity contribution in [3.63, 3.8) is 0 Å². The number of nitrogens with two attached hydrogens (primary N) is 2. The van der Waals surface area contributed by atoms with Crippen molar-refractivity contribution in [3.8, 4) is 34.1 Å². The summed E-state index contributed by atoms with van der Waals surface area (Å²) in [6.45, 7) is 3.67. The predicted molar refractivity (Wildman–Crippen MR) is 164 cm³/mol. The molecule has 0 amide bonds. The first-order valence-electron chi connectivity index (χ1n) is 14.5. The monoisotopic (exact) mass is 576 g/mol. The van der Waals surface area contributed by atoms with E-state index in [1.807, 2.05) is 30.3 Å². The molecule has 1 aliphatic heterocycles. The lowest BCUT2D eigenvalue weighted by Gasteiger charge is -2.32. The lowest BCUT2D eigenvalue weighted by Crippen LogP contribution is -2.37. The third kappa shape index (κ3) is 6.81. The number of rotatable bonds is 13. The molecule has 9 heteroatoms. The molecular weight excluding hydrogens is 535 g/mol. The van der Waals surface area contributed by atoms with Crippen LogP contribution in [0.5, 0.6) is 23.0 Å². The predicted octanol–water partition coefficient (Wildman–Crippen LogP) is 5.48. The van der Waals surface area contributed by atoms with Gasteiger partial charge in [-0.2, -0.15) is 0 Å². The maximum absolute atomic E-state index is 12.8. The van der Waals surface area contributed by atoms with Gasteiger partial charge in [-0.1, -0.05) is 12.1 Å². The molecule has 4 aromatic rings. The van der Waals surface area contributed by atoms with Gasteiger partial charge in [0.1, 0.15) is 29.1 Å². The summed E-state index contributed by atoms with van der Waals surface area (Å²) >= 11 is 0. The van der Waals surface area contributed by atoms with E-state index in [2.05, 4.69) is 33.9 Å². The Hall–Kier alpha value is -3.79. The van der Waals surface area contributed by atoms with Crippen molar-refractivity contribution < 1.29 is 23.3 Å². The molecular formula is C33H41FN4O4. The quantitative estimate of drug-likeness (QED) is 0.218. The lowest BCUT2D eigenvalue weighted by atomic mass is 9.97. The average molecular weight is 577 g/mol. The van der Waals surface area contributed by atoms with Gasteiger partial charge < -0.3 is 35.0 Å². The highest BCUT2D eigenvalue weighted by Crippen LogP contribution is 2.36. The van der Waals surface area contributed by atoms with Crippen molar-refractivity contribution in [2.75, 3.05) is 40.7 Å². The molecule has 0 radical (unpaired) electrons. The zero-order valence-corrected chi connectivity index (χ0v) is 24.5. The Balaban J connectivity index is 1.33. The van der Waals surface area contributed by atoms with Crippen LogP contribution in [0, 0.1) is 0 Å². The van der Waals surface area contributed by atoms with Gasteiger partial charge in [0.25, 0.3) is 0 Å². The van der Waals surface area contributed by atoms with Gasteiger partial charge in [-0.25, -0.2) is 4.39 Å². The van der Waals surface area contributed by atoms with Crippen LogP contribution in [0.1, 0.15) is 30.4 Å². The third-order valence-corrected chi connectivity index (χ3v) is 7.93. The van der Waals surface area contributed by atoms with Gasteiger partial charge in [-0.05, 0) is 66.8 Å². The number of alkyl halides is 1. The normalized spacial score (nSPS) is 14.3. The second-order valence-corrected chi connectivity index (χ2v) is 10.6. The number of likely N-dealkylation sites (tertiary alicyclic amines) is 1. The Bertz CT molecular complexity index is 1460. The first-order chi connectivity index (χ1) is 20.5. The number of hydrogen-bond donors (Lipinski definition) is 2. The molecule has 1 aromatic heterocycles. The summed E-state index contributed by atoms with van der Waals surface area (Å²) in [5, 5.41) is 1.17. The van der Waals surface area contributed by atoms with Crippen LogP contribution in [0.4, 0.5) is 4.39 Å². The molecule has 1 aliphatic rings. The summed E-state index contributed by atoms with van der Waals surface area (Å²) < 4.78 is 37.2. The van der Waals surface area contributed by atoms with E-state index in [-0.39, 0.29) is 6.10 Å². The van der Waals surface area contributed by atoms with Gasteiger partial charge in [0, 0.05) is 73.6 Å². The third-order valence-electron chi connectivity index (χ3n) is 7.93. The molecule has 0 atom stereocenters. The fraction of sp³-hybridized carbons (Fsp3) is 0.394. The van der Waals surface area contributed by atoms with Crippen LogP contribution in [0.25, 0.3) is 22.0 Å². The highest BCUT2D eigenvalue weighted by atomic mass is 19.1. The number of methoxy groups -OCH3 is 2. The van der Waals surface area contributed by atoms with Crippen LogP contribution in [-0.2, 0) is 19.6 Å². The molecule has 1 fully saturated rings. The van der Waals surface area contributed by atoms with Gasteiger partial charge >= 0.3 is 0 Å². The van der Waals surface area contributed by atoms with Crippen LogP contribution in [0.2, 0.25) is 0 Å². The summed E-state index contributed by atoms with van der Waals surface area (Å²) in [6, 6.07) is 18.0. The van der Waals surface area contributed by atoms with Gasteiger partial charge in [-0.15, -0.1) is 0 Å². The number of benzene rings is 3. The molecule has 8 nitrogen and oxygen atoms in total. The molecule has 224 valence electrons. The van der Waals surface area contributed by atoms with E-state index < -0.39 is 6.86 Å². The van der Waals surface area contributed by atoms with Crippen LogP contribution >= 0.6 is 0 Å². The summed E-state index contributed by atoms with van der Waals surface area (Å²) in [5.41, 5.74) is 17.4. The van der Waals surface area contributed by atoms with Crippen LogP contribution in [0.15, 0.2) is 60.8 Å². The van der Waals surface area contributed by atoms with E-state index in [0.29, 0.717) is 18.8 Å². The van der Waals surface area contributed by atoms with Crippen LogP contribution in [-0.4, -0.2) is 56.3 Å². The first-order valence-corrected chi connectivity index (χ1v) is 14.5. The molecule has 0 aliphatic carbocycles. The Labute approximate surface area is 246 Å². The van der Waals surface area contributed by atoms with Crippen molar-refractivity contribution >= 4 is 10.9 Å². The van der Waals surface area contributed by atoms with Gasteiger partial charge in [0.05, 0.1) is 14.2 Å². The highest BCUT2D eigenvalue weighted by Gasteiger charge is 2.22. The minimum atomic E-state index is -0.871. The molecule has 0 spiro atoms. The largest absolute Gasteiger partial charge is 0.496 e. The summed E-state index contributed by atoms with van der Waals surface area (Å²) in [6.07, 6.45) is 5.09. The second-order valence-electron chi connectivity index (χ2n) is 10.6. The van der Waals surface area contributed by atoms with E-state index in [9.17, 15) is 4.39 Å². The van der Waals surface area contributed by atoms with Crippen molar-refractivity contribution in [1.29, 1.82) is 0 Å². The zero-order chi connectivity index (χ0) is 29.5. The molecule has 42 heavy (non-hydrogen) atoms. The Morgan fingerprint density at radius 3 is 2.26 bits per heavy atom. The molecule has 2 heterocycles. The highest BCUT2D eigenvalue weighted by molar-refractivity contribution is 5.97. The molecule has 3 aromatic carbocycles. The van der Waals surface area contributed by atoms with Crippen molar-refractivity contribution in [2.45, 2.75) is 45.0 Å². The molecule has 0 bridgehead atoms. The van der Waals surface area contributed by atoms with E-state index in [1.165, 1.54) is 10.9 Å². The minimum absolute atomic E-state index is 0.141. The first kappa shape index (κ1) is 29.7. The number of halogens is 1. The maximum Gasteiger partial charge on any atom is 0.228 e. The Morgan fingerprint density at radius 2 is 1.60 bits per heavy atom. The zero-order valence-electron chi connectivity index (χ0n) is 24.5. The molecule has 0 unspecified atom stereocenters. The summed E-state index contributed by atoms with van der Waals surface area (Å²) in [7, 11) is 3.28. The summed E-state index contributed by atoms with van der Waals surface area (Å²) in [5.74, 6) is 2.68. The molecule has 0 saturated carbocycles. The number of aryl methyl sites for hydroxylation is 1. The molecule has 5 rings (SSSR count). The maximum atomic E-state index is 12.8. The van der Waals surface area contributed by atoms with E-state index in [1.54, 1.807) is 20.3 Å². The number of fused-ring (bicyclic) bond motifs is 1. The Morgan fingerprint density at radius 1 is 0.857 bits per heavy atom. The van der Waals surface area contributed by atoms with E-state index in [0.717, 1.165) is 84.9 Å². The number of piperidine rings is 1. The van der Waals surface area contributed by atoms with Gasteiger partial charge in [0.15, 0.2) is 0 Å². The lowest BCUT2D eigenvalue weighted by molar-refractivity contribution is 0.0964. The molecule has 4 N–H and O–H groups in total. The fourth-order valence-corrected chi connectivity index (χ4v) is 5.74. The average Bonchev–Trinajstić information content (AvgIpc) is 3.38. The topological polar surface area (TPSA) is 97.1 Å². The summed E-state index contributed by atoms with van der Waals surface area (Å²) in [4.78, 5) is 2.48. The Kier molecular flexibility index (Phi) is 9.84.